The Morgan fingerprint density at radius 1 is 1.18 bits per heavy atom. The smallest absolute Gasteiger partial charge is 0.110 e. The normalized spacial score (nSPS) is 27.2. The number of hydrogen-bond acceptors (Lipinski definition) is 4. The molecule has 86 valence electrons. The Kier molecular flexibility index (Phi) is 2.71. The van der Waals surface area contributed by atoms with E-state index >= 15 is 0 Å². The van der Waals surface area contributed by atoms with Crippen LogP contribution in [0.2, 0.25) is 0 Å². The maximum Gasteiger partial charge on any atom is 0.110 e. The Morgan fingerprint density at radius 2 is 2.06 bits per heavy atom. The van der Waals surface area contributed by atoms with E-state index in [1.165, 1.54) is 16.8 Å². The molecule has 2 N–H and O–H groups in total. The number of benzene rings is 1. The lowest BCUT2D eigenvalue weighted by Gasteiger charge is -2.07. The van der Waals surface area contributed by atoms with Crippen molar-refractivity contribution in [3.8, 4) is 0 Å². The quantitative estimate of drug-likeness (QED) is 0.764. The fourth-order valence-electron chi connectivity index (χ4n) is 2.10. The van der Waals surface area contributed by atoms with E-state index in [0.717, 1.165) is 13.0 Å². The van der Waals surface area contributed by atoms with E-state index in [4.69, 9.17) is 0 Å². The van der Waals surface area contributed by atoms with Crippen LogP contribution >= 0.6 is 0 Å². The van der Waals surface area contributed by atoms with Crippen LogP contribution in [-0.4, -0.2) is 19.1 Å². The van der Waals surface area contributed by atoms with Crippen LogP contribution in [0, 0.1) is 0 Å². The SMILES string of the molecule is C1=NC=NCC1=C1CC(c2ccccc2)NN1. The molecule has 1 unspecified atom stereocenters. The molecule has 17 heavy (non-hydrogen) atoms. The van der Waals surface area contributed by atoms with Crippen molar-refractivity contribution in [2.75, 3.05) is 6.54 Å². The minimum Gasteiger partial charge on any atom is -0.325 e. The summed E-state index contributed by atoms with van der Waals surface area (Å²) < 4.78 is 0. The van der Waals surface area contributed by atoms with E-state index in [1.807, 2.05) is 12.3 Å². The Balaban J connectivity index is 1.78. The van der Waals surface area contributed by atoms with Gasteiger partial charge in [0.2, 0.25) is 0 Å². The van der Waals surface area contributed by atoms with Crippen molar-refractivity contribution in [2.24, 2.45) is 9.98 Å². The first kappa shape index (κ1) is 10.2. The Morgan fingerprint density at radius 3 is 2.82 bits per heavy atom. The van der Waals surface area contributed by atoms with Gasteiger partial charge in [0.05, 0.1) is 12.6 Å². The van der Waals surface area contributed by atoms with Gasteiger partial charge in [0.25, 0.3) is 0 Å². The molecule has 1 atom stereocenters. The molecule has 2 heterocycles. The highest BCUT2D eigenvalue weighted by molar-refractivity contribution is 5.88. The summed E-state index contributed by atoms with van der Waals surface area (Å²) in [6.07, 6.45) is 4.44. The zero-order chi connectivity index (χ0) is 11.5. The van der Waals surface area contributed by atoms with Gasteiger partial charge in [-0.15, -0.1) is 0 Å². The van der Waals surface area contributed by atoms with Gasteiger partial charge >= 0.3 is 0 Å². The third kappa shape index (κ3) is 2.12. The van der Waals surface area contributed by atoms with E-state index in [-0.39, 0.29) is 0 Å². The topological polar surface area (TPSA) is 48.8 Å². The second kappa shape index (κ2) is 4.51. The Hall–Kier alpha value is -1.94. The maximum atomic E-state index is 4.15. The molecule has 0 aromatic heterocycles. The van der Waals surface area contributed by atoms with Crippen molar-refractivity contribution < 1.29 is 0 Å². The van der Waals surface area contributed by atoms with Gasteiger partial charge in [-0.1, -0.05) is 30.3 Å². The van der Waals surface area contributed by atoms with Crippen LogP contribution in [0.3, 0.4) is 0 Å². The second-order valence-electron chi connectivity index (χ2n) is 4.17. The minimum absolute atomic E-state index is 0.331. The first-order valence-electron chi connectivity index (χ1n) is 5.73. The third-order valence-corrected chi connectivity index (χ3v) is 3.04. The van der Waals surface area contributed by atoms with Crippen LogP contribution in [0.15, 0.2) is 51.6 Å². The molecule has 4 nitrogen and oxygen atoms in total. The van der Waals surface area contributed by atoms with E-state index in [2.05, 4.69) is 45.1 Å². The summed E-state index contributed by atoms with van der Waals surface area (Å²) in [5.41, 5.74) is 10.2. The number of nitrogens with one attached hydrogen (secondary N) is 2. The molecule has 0 aliphatic carbocycles. The van der Waals surface area contributed by atoms with Crippen LogP contribution in [0.4, 0.5) is 0 Å². The third-order valence-electron chi connectivity index (χ3n) is 3.04. The fraction of sp³-hybridized carbons (Fsp3) is 0.231. The highest BCUT2D eigenvalue weighted by Crippen LogP contribution is 2.25. The molecule has 0 amide bonds. The van der Waals surface area contributed by atoms with Gasteiger partial charge in [-0.2, -0.15) is 0 Å². The first-order chi connectivity index (χ1) is 8.43. The fourth-order valence-corrected chi connectivity index (χ4v) is 2.10. The molecule has 0 bridgehead atoms. The number of nitrogens with zero attached hydrogens (tertiary/aromatic N) is 2. The molecule has 3 rings (SSSR count). The average molecular weight is 226 g/mol. The largest absolute Gasteiger partial charge is 0.325 e. The van der Waals surface area contributed by atoms with E-state index in [9.17, 15) is 0 Å². The van der Waals surface area contributed by atoms with Crippen LogP contribution in [0.5, 0.6) is 0 Å². The summed E-state index contributed by atoms with van der Waals surface area (Å²) in [5, 5.41) is 0. The summed E-state index contributed by atoms with van der Waals surface area (Å²) in [4.78, 5) is 8.21. The van der Waals surface area contributed by atoms with Gasteiger partial charge in [-0.05, 0) is 5.56 Å². The zero-order valence-corrected chi connectivity index (χ0v) is 9.43. The van der Waals surface area contributed by atoms with Crippen molar-refractivity contribution >= 4 is 12.6 Å². The molecule has 4 heteroatoms. The second-order valence-corrected chi connectivity index (χ2v) is 4.17. The first-order valence-corrected chi connectivity index (χ1v) is 5.73. The van der Waals surface area contributed by atoms with Crippen molar-refractivity contribution in [3.63, 3.8) is 0 Å². The standard InChI is InChI=1S/C13H14N4/c1-2-4-10(5-3-1)12-6-13(17-16-12)11-7-14-9-15-8-11/h1-5,7,9,12,16-17H,6,8H2. The summed E-state index contributed by atoms with van der Waals surface area (Å²) >= 11 is 0. The van der Waals surface area contributed by atoms with Gasteiger partial charge in [0.1, 0.15) is 6.34 Å². The van der Waals surface area contributed by atoms with E-state index in [1.54, 1.807) is 6.34 Å². The molecule has 0 radical (unpaired) electrons. The van der Waals surface area contributed by atoms with Crippen LogP contribution < -0.4 is 10.9 Å². The molecular formula is C13H14N4. The summed E-state index contributed by atoms with van der Waals surface area (Å²) in [6, 6.07) is 10.8. The lowest BCUT2D eigenvalue weighted by molar-refractivity contribution is 0.585. The van der Waals surface area contributed by atoms with E-state index < -0.39 is 0 Å². The molecule has 1 aromatic carbocycles. The molecule has 0 saturated carbocycles. The summed E-state index contributed by atoms with van der Waals surface area (Å²) in [6.45, 7) is 0.717. The number of hydrogen-bond donors (Lipinski definition) is 2. The Bertz CT molecular complexity index is 487. The zero-order valence-electron chi connectivity index (χ0n) is 9.43. The molecular weight excluding hydrogens is 212 g/mol. The Labute approximate surface area is 100 Å². The lowest BCUT2D eigenvalue weighted by atomic mass is 10.0. The number of aliphatic imine (C=N–C) groups is 2. The molecule has 1 aromatic rings. The molecule has 2 aliphatic heterocycles. The number of hydrazine groups is 1. The highest BCUT2D eigenvalue weighted by atomic mass is 15.4. The number of rotatable bonds is 1. The monoisotopic (exact) mass is 226 g/mol. The van der Waals surface area contributed by atoms with Crippen molar-refractivity contribution in [1.29, 1.82) is 0 Å². The van der Waals surface area contributed by atoms with Crippen molar-refractivity contribution in [1.82, 2.24) is 10.9 Å². The average Bonchev–Trinajstić information content (AvgIpc) is 2.90. The molecule has 1 saturated heterocycles. The van der Waals surface area contributed by atoms with Crippen molar-refractivity contribution in [2.45, 2.75) is 12.5 Å². The van der Waals surface area contributed by atoms with Crippen LogP contribution in [-0.2, 0) is 0 Å². The lowest BCUT2D eigenvalue weighted by Crippen LogP contribution is -2.25. The minimum atomic E-state index is 0.331. The predicted octanol–water partition coefficient (Wildman–Crippen LogP) is 1.59. The molecule has 2 aliphatic rings. The van der Waals surface area contributed by atoms with Gasteiger partial charge in [0.15, 0.2) is 0 Å². The molecule has 0 spiro atoms. The maximum absolute atomic E-state index is 4.15. The van der Waals surface area contributed by atoms with Gasteiger partial charge in [0, 0.05) is 23.9 Å². The van der Waals surface area contributed by atoms with Gasteiger partial charge in [-0.25, -0.2) is 10.4 Å². The highest BCUT2D eigenvalue weighted by Gasteiger charge is 2.22. The summed E-state index contributed by atoms with van der Waals surface area (Å²) in [5.74, 6) is 0. The predicted molar refractivity (Wildman–Crippen MR) is 68.9 cm³/mol. The van der Waals surface area contributed by atoms with Crippen LogP contribution in [0.1, 0.15) is 18.0 Å². The van der Waals surface area contributed by atoms with Crippen LogP contribution in [0.25, 0.3) is 0 Å². The van der Waals surface area contributed by atoms with Gasteiger partial charge in [-0.3, -0.25) is 4.99 Å². The van der Waals surface area contributed by atoms with Gasteiger partial charge < -0.3 is 5.43 Å². The van der Waals surface area contributed by atoms with Crippen molar-refractivity contribution in [3.05, 3.63) is 47.2 Å². The molecule has 1 fully saturated rings. The van der Waals surface area contributed by atoms with E-state index in [0.29, 0.717) is 6.04 Å². The summed E-state index contributed by atoms with van der Waals surface area (Å²) in [7, 11) is 0.